The summed E-state index contributed by atoms with van der Waals surface area (Å²) >= 11 is 0. The Hall–Kier alpha value is -2.38. The first-order chi connectivity index (χ1) is 12.0. The fourth-order valence-electron chi connectivity index (χ4n) is 3.38. The van der Waals surface area contributed by atoms with Crippen LogP contribution in [0.1, 0.15) is 38.6 Å². The highest BCUT2D eigenvalue weighted by molar-refractivity contribution is 5.86. The van der Waals surface area contributed by atoms with Gasteiger partial charge in [0.2, 0.25) is 17.7 Å². The van der Waals surface area contributed by atoms with E-state index >= 15 is 0 Å². The maximum absolute atomic E-state index is 12.4. The van der Waals surface area contributed by atoms with Crippen molar-refractivity contribution in [2.24, 2.45) is 5.92 Å². The highest BCUT2D eigenvalue weighted by Crippen LogP contribution is 2.36. The summed E-state index contributed by atoms with van der Waals surface area (Å²) in [5, 5.41) is 10.1. The largest absolute Gasteiger partial charge is 0.351 e. The van der Waals surface area contributed by atoms with Crippen LogP contribution < -0.4 is 10.6 Å². The maximum atomic E-state index is 12.4. The van der Waals surface area contributed by atoms with Crippen molar-refractivity contribution in [3.8, 4) is 0 Å². The van der Waals surface area contributed by atoms with Gasteiger partial charge in [0.05, 0.1) is 12.6 Å². The zero-order valence-corrected chi connectivity index (χ0v) is 14.6. The molecule has 0 aromatic carbocycles. The monoisotopic (exact) mass is 347 g/mol. The summed E-state index contributed by atoms with van der Waals surface area (Å²) in [7, 11) is 1.61. The number of carbonyl (C=O) groups excluding carboxylic acids is 3. The highest BCUT2D eigenvalue weighted by atomic mass is 16.2. The number of hydrogen-bond donors (Lipinski definition) is 2. The molecule has 2 fully saturated rings. The fourth-order valence-corrected chi connectivity index (χ4v) is 3.38. The molecule has 1 aromatic heterocycles. The first kappa shape index (κ1) is 17.4. The van der Waals surface area contributed by atoms with E-state index < -0.39 is 6.04 Å². The molecule has 3 unspecified atom stereocenters. The van der Waals surface area contributed by atoms with E-state index in [4.69, 9.17) is 0 Å². The van der Waals surface area contributed by atoms with Crippen LogP contribution in [-0.4, -0.2) is 58.1 Å². The third-order valence-electron chi connectivity index (χ3n) is 4.96. The zero-order valence-electron chi connectivity index (χ0n) is 14.6. The lowest BCUT2D eigenvalue weighted by atomic mass is 9.94. The van der Waals surface area contributed by atoms with Gasteiger partial charge in [0.15, 0.2) is 0 Å². The summed E-state index contributed by atoms with van der Waals surface area (Å²) in [5.41, 5.74) is 0. The molecule has 0 bridgehead atoms. The Morgan fingerprint density at radius 3 is 2.84 bits per heavy atom. The molecule has 2 aliphatic rings. The molecule has 2 heterocycles. The van der Waals surface area contributed by atoms with Gasteiger partial charge < -0.3 is 15.5 Å². The van der Waals surface area contributed by atoms with Gasteiger partial charge in [-0.05, 0) is 38.2 Å². The summed E-state index contributed by atoms with van der Waals surface area (Å²) in [5.74, 6) is 0.154. The molecular formula is C17H25N5O3. The number of aromatic nitrogens is 2. The van der Waals surface area contributed by atoms with E-state index in [0.29, 0.717) is 18.8 Å². The van der Waals surface area contributed by atoms with Gasteiger partial charge in [-0.1, -0.05) is 0 Å². The van der Waals surface area contributed by atoms with Crippen LogP contribution in [-0.2, 0) is 14.4 Å². The van der Waals surface area contributed by atoms with Gasteiger partial charge in [0.1, 0.15) is 6.04 Å². The van der Waals surface area contributed by atoms with Crippen LogP contribution in [0.2, 0.25) is 0 Å². The van der Waals surface area contributed by atoms with Gasteiger partial charge in [0.25, 0.3) is 0 Å². The summed E-state index contributed by atoms with van der Waals surface area (Å²) in [4.78, 5) is 37.8. The molecular weight excluding hydrogens is 322 g/mol. The van der Waals surface area contributed by atoms with E-state index in [9.17, 15) is 14.4 Å². The predicted octanol–water partition coefficient (Wildman–Crippen LogP) is 0.0759. The van der Waals surface area contributed by atoms with E-state index in [0.717, 1.165) is 12.8 Å². The summed E-state index contributed by atoms with van der Waals surface area (Å²) in [6, 6.07) is 1.27. The Balaban J connectivity index is 1.52. The van der Waals surface area contributed by atoms with Gasteiger partial charge in [-0.2, -0.15) is 5.10 Å². The topological polar surface area (TPSA) is 96.3 Å². The van der Waals surface area contributed by atoms with Gasteiger partial charge in [-0.25, -0.2) is 0 Å². The number of nitrogens with one attached hydrogen (secondary N) is 2. The SMILES string of the molecule is CC(C(=O)N(C)CC(=O)NC1CCC(=O)NC1C1CC1)n1cccn1. The molecule has 25 heavy (non-hydrogen) atoms. The predicted molar refractivity (Wildman–Crippen MR) is 90.4 cm³/mol. The van der Waals surface area contributed by atoms with Crippen molar-refractivity contribution in [3.05, 3.63) is 18.5 Å². The van der Waals surface area contributed by atoms with Gasteiger partial charge in [-0.3, -0.25) is 19.1 Å². The van der Waals surface area contributed by atoms with Crippen molar-refractivity contribution in [1.29, 1.82) is 0 Å². The van der Waals surface area contributed by atoms with E-state index in [1.165, 1.54) is 4.90 Å². The maximum Gasteiger partial charge on any atom is 0.247 e. The lowest BCUT2D eigenvalue weighted by Gasteiger charge is -2.33. The van der Waals surface area contributed by atoms with Crippen LogP contribution in [0, 0.1) is 5.92 Å². The van der Waals surface area contributed by atoms with Crippen molar-refractivity contribution in [2.75, 3.05) is 13.6 Å². The number of carbonyl (C=O) groups is 3. The third kappa shape index (κ3) is 4.18. The van der Waals surface area contributed by atoms with Crippen LogP contribution >= 0.6 is 0 Å². The molecule has 3 atom stereocenters. The number of piperidine rings is 1. The Labute approximate surface area is 146 Å². The van der Waals surface area contributed by atoms with Crippen LogP contribution in [0.4, 0.5) is 0 Å². The lowest BCUT2D eigenvalue weighted by molar-refractivity contribution is -0.137. The number of amides is 3. The summed E-state index contributed by atoms with van der Waals surface area (Å²) in [6.45, 7) is 1.75. The Morgan fingerprint density at radius 2 is 2.20 bits per heavy atom. The van der Waals surface area contributed by atoms with Crippen LogP contribution in [0.25, 0.3) is 0 Å². The Bertz CT molecular complexity index is 641. The number of hydrogen-bond acceptors (Lipinski definition) is 4. The van der Waals surface area contributed by atoms with Gasteiger partial charge in [0, 0.05) is 31.9 Å². The molecule has 3 rings (SSSR count). The first-order valence-corrected chi connectivity index (χ1v) is 8.78. The molecule has 0 spiro atoms. The van der Waals surface area contributed by atoms with Crippen molar-refractivity contribution in [3.63, 3.8) is 0 Å². The van der Waals surface area contributed by atoms with Crippen molar-refractivity contribution >= 4 is 17.7 Å². The van der Waals surface area contributed by atoms with E-state index in [1.807, 2.05) is 0 Å². The smallest absolute Gasteiger partial charge is 0.247 e. The van der Waals surface area contributed by atoms with Crippen LogP contribution in [0.5, 0.6) is 0 Å². The molecule has 136 valence electrons. The van der Waals surface area contributed by atoms with E-state index in [2.05, 4.69) is 15.7 Å². The molecule has 0 radical (unpaired) electrons. The number of likely N-dealkylation sites (N-methyl/N-ethyl adjacent to an activating group) is 1. The normalized spacial score (nSPS) is 24.3. The lowest BCUT2D eigenvalue weighted by Crippen LogP contribution is -2.57. The fraction of sp³-hybridized carbons (Fsp3) is 0.647. The van der Waals surface area contributed by atoms with Gasteiger partial charge >= 0.3 is 0 Å². The molecule has 1 aromatic rings. The Morgan fingerprint density at radius 1 is 1.44 bits per heavy atom. The van der Waals surface area contributed by atoms with Gasteiger partial charge in [-0.15, -0.1) is 0 Å². The molecule has 1 aliphatic heterocycles. The van der Waals surface area contributed by atoms with Crippen LogP contribution in [0.15, 0.2) is 18.5 Å². The Kier molecular flexibility index (Phi) is 5.06. The number of rotatable bonds is 6. The zero-order chi connectivity index (χ0) is 18.0. The third-order valence-corrected chi connectivity index (χ3v) is 4.96. The van der Waals surface area contributed by atoms with E-state index in [-0.39, 0.29) is 36.3 Å². The minimum Gasteiger partial charge on any atom is -0.351 e. The average molecular weight is 347 g/mol. The molecule has 3 amide bonds. The molecule has 2 N–H and O–H groups in total. The number of nitrogens with zero attached hydrogens (tertiary/aromatic N) is 3. The average Bonchev–Trinajstić information content (AvgIpc) is 3.28. The molecule has 1 saturated carbocycles. The summed E-state index contributed by atoms with van der Waals surface area (Å²) < 4.78 is 1.57. The second kappa shape index (κ2) is 7.25. The minimum absolute atomic E-state index is 0.00766. The second-order valence-electron chi connectivity index (χ2n) is 7.00. The second-order valence-corrected chi connectivity index (χ2v) is 7.00. The van der Waals surface area contributed by atoms with Crippen LogP contribution in [0.3, 0.4) is 0 Å². The molecule has 8 heteroatoms. The summed E-state index contributed by atoms with van der Waals surface area (Å²) in [6.07, 6.45) is 6.61. The quantitative estimate of drug-likeness (QED) is 0.761. The molecule has 1 saturated heterocycles. The molecule has 1 aliphatic carbocycles. The minimum atomic E-state index is -0.457. The first-order valence-electron chi connectivity index (χ1n) is 8.78. The highest BCUT2D eigenvalue weighted by Gasteiger charge is 2.40. The molecule has 8 nitrogen and oxygen atoms in total. The standard InChI is InChI=1S/C17H25N5O3/c1-11(22-9-3-8-18-22)17(25)21(2)10-15(24)19-13-6-7-14(23)20-16(13)12-4-5-12/h3,8-9,11-13,16H,4-7,10H2,1-2H3,(H,19,24)(H,20,23). The van der Waals surface area contributed by atoms with Crippen molar-refractivity contribution in [1.82, 2.24) is 25.3 Å². The van der Waals surface area contributed by atoms with Crippen molar-refractivity contribution in [2.45, 2.75) is 50.7 Å². The van der Waals surface area contributed by atoms with Crippen molar-refractivity contribution < 1.29 is 14.4 Å². The van der Waals surface area contributed by atoms with E-state index in [1.54, 1.807) is 37.1 Å².